The second-order valence-electron chi connectivity index (χ2n) is 23.9. The normalized spacial score (nSPS) is 13.8. The molecule has 6 heteroatoms. The van der Waals surface area contributed by atoms with E-state index in [0.29, 0.717) is 0 Å². The topological polar surface area (TPSA) is 6.48 Å². The Hall–Kier alpha value is -8.16. The van der Waals surface area contributed by atoms with Gasteiger partial charge in [-0.3, -0.25) is 0 Å². The van der Waals surface area contributed by atoms with Gasteiger partial charge in [0.2, 0.25) is 13.4 Å². The molecule has 4 aliphatic rings. The third-order valence-electron chi connectivity index (χ3n) is 17.6. The Morgan fingerprint density at radius 1 is 0.276 bits per heavy atom. The van der Waals surface area contributed by atoms with Crippen LogP contribution in [0, 0.1) is 0 Å². The minimum atomic E-state index is -2.04. The Bertz CT molecular complexity index is 4170. The van der Waals surface area contributed by atoms with Crippen LogP contribution in [0.4, 0.5) is 34.1 Å². The van der Waals surface area contributed by atoms with Gasteiger partial charge in [0.25, 0.3) is 0 Å². The Morgan fingerprint density at radius 2 is 0.618 bits per heavy atom. The quantitative estimate of drug-likeness (QED) is 0.121. The van der Waals surface area contributed by atoms with Crippen LogP contribution in [0.5, 0.6) is 0 Å². The Balaban J connectivity index is 1.03. The van der Waals surface area contributed by atoms with Gasteiger partial charge in [0.15, 0.2) is 0 Å². The lowest BCUT2D eigenvalue weighted by molar-refractivity contribution is 1.29. The molecule has 0 amide bonds. The highest BCUT2D eigenvalue weighted by atomic mass is 28.3. The molecular weight excluding hydrogens is 947 g/mol. The highest BCUT2D eigenvalue weighted by molar-refractivity contribution is 7.03. The highest BCUT2D eigenvalue weighted by Gasteiger charge is 2.46. The molecule has 12 aromatic rings. The third kappa shape index (κ3) is 5.94. The van der Waals surface area contributed by atoms with Crippen molar-refractivity contribution in [3.05, 3.63) is 218 Å². The van der Waals surface area contributed by atoms with Gasteiger partial charge in [0.05, 0.1) is 27.5 Å². The summed E-state index contributed by atoms with van der Waals surface area (Å²) >= 11 is 0. The number of hydrogen-bond donors (Lipinski definition) is 0. The maximum Gasteiger partial charge on any atom is 0.248 e. The van der Waals surface area contributed by atoms with Crippen LogP contribution >= 0.6 is 0 Å². The third-order valence-corrected chi connectivity index (χ3v) is 21.7. The first kappa shape index (κ1) is 44.2. The zero-order valence-corrected chi connectivity index (χ0v) is 45.8. The molecule has 0 aromatic heterocycles. The fourth-order valence-electron chi connectivity index (χ4n) is 14.6. The van der Waals surface area contributed by atoms with E-state index in [2.05, 4.69) is 267 Å². The molecule has 0 unspecified atom stereocenters. The molecule has 0 saturated heterocycles. The van der Waals surface area contributed by atoms with Gasteiger partial charge in [-0.25, -0.2) is 0 Å². The van der Waals surface area contributed by atoms with Crippen molar-refractivity contribution in [2.24, 2.45) is 0 Å². The molecule has 0 aliphatic carbocycles. The van der Waals surface area contributed by atoms with Crippen molar-refractivity contribution in [3.63, 3.8) is 0 Å². The van der Waals surface area contributed by atoms with E-state index in [0.717, 1.165) is 0 Å². The smallest absolute Gasteiger partial charge is 0.248 e. The van der Waals surface area contributed by atoms with Crippen LogP contribution in [-0.4, -0.2) is 29.6 Å². The lowest BCUT2D eigenvalue weighted by atomic mass is 9.31. The van der Waals surface area contributed by atoms with E-state index in [1.54, 1.807) is 10.4 Å². The molecule has 4 heterocycles. The van der Waals surface area contributed by atoms with Gasteiger partial charge in [-0.2, -0.15) is 0 Å². The van der Waals surface area contributed by atoms with Crippen LogP contribution < -0.4 is 53.0 Å². The van der Waals surface area contributed by atoms with Gasteiger partial charge in [0.1, 0.15) is 0 Å². The Kier molecular flexibility index (Phi) is 9.13. The molecule has 0 spiro atoms. The number of rotatable bonds is 6. The summed E-state index contributed by atoms with van der Waals surface area (Å²) < 4.78 is 0. The highest BCUT2D eigenvalue weighted by Crippen LogP contribution is 2.50. The van der Waals surface area contributed by atoms with E-state index in [9.17, 15) is 0 Å². The number of benzene rings is 12. The molecule has 0 N–H and O–H groups in total. The second-order valence-corrected chi connectivity index (χ2v) is 33.9. The average Bonchev–Trinajstić information content (AvgIpc) is 3.56. The Morgan fingerprint density at radius 3 is 1.03 bits per heavy atom. The number of fused-ring (bicyclic) bond motifs is 8. The van der Waals surface area contributed by atoms with Gasteiger partial charge in [-0.05, 0) is 124 Å². The maximum absolute atomic E-state index is 2.73. The van der Waals surface area contributed by atoms with Crippen LogP contribution in [0.2, 0.25) is 39.3 Å². The fourth-order valence-corrected chi connectivity index (χ4v) is 17.8. The fraction of sp³-hybridized carbons (Fsp3) is 0.0857. The number of hydrogen-bond acceptors (Lipinski definition) is 2. The van der Waals surface area contributed by atoms with Crippen LogP contribution in [0.3, 0.4) is 0 Å². The SMILES string of the molecule is C[Si](C)(C)c1cc2c3c(cc4c([Si](C)(C)C)cc5c6c(cc1c3c46)B1c3ccccc3N(c3ccccc3-c3ccccc3)c3cccc-5c31)B1c3ccccc3N(c3ccccc3-c3ccccc3)c3cccc-2c31. The molecule has 2 nitrogen and oxygen atoms in total. The molecule has 0 fully saturated rings. The van der Waals surface area contributed by atoms with Gasteiger partial charge in [-0.1, -0.05) is 243 Å². The maximum atomic E-state index is 2.73. The first-order valence-electron chi connectivity index (χ1n) is 27.3. The minimum absolute atomic E-state index is 0.0548. The summed E-state index contributed by atoms with van der Waals surface area (Å²) in [6.45, 7) is 15.6. The van der Waals surface area contributed by atoms with E-state index < -0.39 is 16.1 Å². The van der Waals surface area contributed by atoms with E-state index in [-0.39, 0.29) is 13.4 Å². The molecule has 358 valence electrons. The van der Waals surface area contributed by atoms with Gasteiger partial charge < -0.3 is 9.80 Å². The lowest BCUT2D eigenvalue weighted by Gasteiger charge is -2.43. The monoisotopic (exact) mass is 1000 g/mol. The molecule has 0 radical (unpaired) electrons. The Labute approximate surface area is 448 Å². The van der Waals surface area contributed by atoms with Crippen molar-refractivity contribution < 1.29 is 0 Å². The molecule has 0 saturated carbocycles. The largest absolute Gasteiger partial charge is 0.311 e. The van der Waals surface area contributed by atoms with Crippen LogP contribution in [0.1, 0.15) is 0 Å². The summed E-state index contributed by atoms with van der Waals surface area (Å²) in [5.74, 6) is 0. The zero-order chi connectivity index (χ0) is 50.9. The number of para-hydroxylation sites is 4. The predicted octanol–water partition coefficient (Wildman–Crippen LogP) is 13.6. The van der Waals surface area contributed by atoms with Crippen molar-refractivity contribution >= 4 is 139 Å². The molecule has 0 atom stereocenters. The van der Waals surface area contributed by atoms with Crippen molar-refractivity contribution in [3.8, 4) is 44.5 Å². The van der Waals surface area contributed by atoms with Crippen molar-refractivity contribution in [1.82, 2.24) is 0 Å². The number of nitrogens with zero attached hydrogens (tertiary/aromatic N) is 2. The first-order valence-corrected chi connectivity index (χ1v) is 34.3. The predicted molar refractivity (Wildman–Crippen MR) is 337 cm³/mol. The van der Waals surface area contributed by atoms with Crippen LogP contribution in [0.15, 0.2) is 218 Å². The molecule has 0 bridgehead atoms. The molecule has 76 heavy (non-hydrogen) atoms. The van der Waals surface area contributed by atoms with Crippen LogP contribution in [0.25, 0.3) is 76.8 Å². The first-order chi connectivity index (χ1) is 37.0. The molecular formula is C70H54B2N2Si2. The standard InChI is InChI=1S/C70H54B2N2Si2/c1-75(2,3)63-41-49-47-29-21-37-61-69(47)72(54-32-16-20-36-60(54)73(61)57-33-17-13-27-45(57)43-23-9-7-10-24-43)56-40-52-64(76(4,5)6)42-50-48-30-22-38-62-70(48)71(55-39-51(63)67(65(49)56)68(52)66(50)55)53-31-15-19-35-59(53)74(62)58-34-18-14-28-46(58)44-25-11-8-12-26-44/h7-42H,1-6H3. The summed E-state index contributed by atoms with van der Waals surface area (Å²) in [6.07, 6.45) is 0. The number of anilines is 6. The summed E-state index contributed by atoms with van der Waals surface area (Å²) in [7, 11) is -4.08. The van der Waals surface area contributed by atoms with E-state index >= 15 is 0 Å². The second kappa shape index (κ2) is 15.7. The summed E-state index contributed by atoms with van der Waals surface area (Å²) in [4.78, 5) is 5.17. The van der Waals surface area contributed by atoms with Crippen molar-refractivity contribution in [2.75, 3.05) is 9.80 Å². The van der Waals surface area contributed by atoms with E-state index in [1.807, 2.05) is 0 Å². The minimum Gasteiger partial charge on any atom is -0.311 e. The van der Waals surface area contributed by atoms with E-state index in [4.69, 9.17) is 0 Å². The summed E-state index contributed by atoms with van der Waals surface area (Å²) in [5.41, 5.74) is 26.4. The zero-order valence-electron chi connectivity index (χ0n) is 43.8. The van der Waals surface area contributed by atoms with Gasteiger partial charge >= 0.3 is 0 Å². The molecule has 16 rings (SSSR count). The van der Waals surface area contributed by atoms with Gasteiger partial charge in [0, 0.05) is 33.9 Å². The molecule has 12 aromatic carbocycles. The van der Waals surface area contributed by atoms with Gasteiger partial charge in [-0.15, -0.1) is 0 Å². The van der Waals surface area contributed by atoms with Crippen molar-refractivity contribution in [1.29, 1.82) is 0 Å². The van der Waals surface area contributed by atoms with Crippen LogP contribution in [-0.2, 0) is 0 Å². The summed E-state index contributed by atoms with van der Waals surface area (Å²) in [5, 5.41) is 11.9. The van der Waals surface area contributed by atoms with Crippen molar-refractivity contribution in [2.45, 2.75) is 39.3 Å². The molecule has 4 aliphatic heterocycles. The average molecular weight is 1000 g/mol. The lowest BCUT2D eigenvalue weighted by Crippen LogP contribution is -2.60. The summed E-state index contributed by atoms with van der Waals surface area (Å²) in [6, 6.07) is 83.8. The van der Waals surface area contributed by atoms with E-state index in [1.165, 1.54) is 144 Å².